The standard InChI is InChI=1S/C9H14N4O/c10-7-6-11-9(12-8(7)14)13-4-2-1-3-5-13/h6H,1-5,10H2,(H,11,12,14). The molecule has 1 aliphatic rings. The predicted octanol–water partition coefficient (Wildman–Crippen LogP) is 0.755. The van der Waals surface area contributed by atoms with Gasteiger partial charge in [-0.2, -0.15) is 4.98 Å². The molecule has 0 radical (unpaired) electrons. The lowest BCUT2D eigenvalue weighted by Gasteiger charge is -2.26. The molecule has 0 bridgehead atoms. The second-order valence-electron chi connectivity index (χ2n) is 3.50. The second kappa shape index (κ2) is 3.69. The molecule has 0 saturated carbocycles. The molecular weight excluding hydrogens is 180 g/mol. The van der Waals surface area contributed by atoms with Gasteiger partial charge >= 0.3 is 0 Å². The predicted molar refractivity (Wildman–Crippen MR) is 54.2 cm³/mol. The van der Waals surface area contributed by atoms with Gasteiger partial charge in [-0.3, -0.25) is 0 Å². The molecule has 1 aliphatic heterocycles. The normalized spacial score (nSPS) is 17.0. The van der Waals surface area contributed by atoms with E-state index in [0.717, 1.165) is 25.9 Å². The molecule has 1 saturated heterocycles. The number of hydrogen-bond donors (Lipinski definition) is 2. The average Bonchev–Trinajstić information content (AvgIpc) is 2.23. The summed E-state index contributed by atoms with van der Waals surface area (Å²) in [7, 11) is 0. The van der Waals surface area contributed by atoms with Crippen LogP contribution in [0.5, 0.6) is 5.88 Å². The van der Waals surface area contributed by atoms with Crippen LogP contribution in [0, 0.1) is 0 Å². The fourth-order valence-corrected chi connectivity index (χ4v) is 1.62. The number of aromatic hydroxyl groups is 1. The number of hydrogen-bond acceptors (Lipinski definition) is 5. The first-order valence-corrected chi connectivity index (χ1v) is 4.84. The van der Waals surface area contributed by atoms with E-state index >= 15 is 0 Å². The lowest BCUT2D eigenvalue weighted by atomic mass is 10.1. The van der Waals surface area contributed by atoms with Crippen LogP contribution in [0.1, 0.15) is 19.3 Å². The van der Waals surface area contributed by atoms with E-state index in [2.05, 4.69) is 14.9 Å². The van der Waals surface area contributed by atoms with Crippen LogP contribution in [-0.2, 0) is 0 Å². The van der Waals surface area contributed by atoms with E-state index in [-0.39, 0.29) is 11.6 Å². The third kappa shape index (κ3) is 1.71. The third-order valence-corrected chi connectivity index (χ3v) is 2.42. The van der Waals surface area contributed by atoms with Gasteiger partial charge in [0, 0.05) is 13.1 Å². The molecule has 0 amide bonds. The minimum absolute atomic E-state index is 0.124. The highest BCUT2D eigenvalue weighted by Crippen LogP contribution is 2.20. The summed E-state index contributed by atoms with van der Waals surface area (Å²) in [6, 6.07) is 0. The Morgan fingerprint density at radius 3 is 2.64 bits per heavy atom. The number of nitrogen functional groups attached to an aromatic ring is 1. The third-order valence-electron chi connectivity index (χ3n) is 2.42. The first-order valence-electron chi connectivity index (χ1n) is 4.84. The molecule has 5 heteroatoms. The molecular formula is C9H14N4O. The van der Waals surface area contributed by atoms with Crippen LogP contribution in [-0.4, -0.2) is 28.2 Å². The summed E-state index contributed by atoms with van der Waals surface area (Å²) in [6.07, 6.45) is 5.03. The van der Waals surface area contributed by atoms with Gasteiger partial charge in [0.25, 0.3) is 0 Å². The molecule has 2 heterocycles. The molecule has 0 unspecified atom stereocenters. The maximum Gasteiger partial charge on any atom is 0.239 e. The molecule has 1 aromatic heterocycles. The Kier molecular flexibility index (Phi) is 2.39. The summed E-state index contributed by atoms with van der Waals surface area (Å²) in [5, 5.41) is 9.33. The number of anilines is 2. The highest BCUT2D eigenvalue weighted by molar-refractivity contribution is 5.48. The summed E-state index contributed by atoms with van der Waals surface area (Å²) in [5.41, 5.74) is 5.65. The van der Waals surface area contributed by atoms with E-state index in [1.54, 1.807) is 0 Å². The summed E-state index contributed by atoms with van der Waals surface area (Å²) < 4.78 is 0. The van der Waals surface area contributed by atoms with Crippen molar-refractivity contribution >= 4 is 11.6 Å². The first-order chi connectivity index (χ1) is 6.77. The zero-order chi connectivity index (χ0) is 9.97. The van der Waals surface area contributed by atoms with E-state index < -0.39 is 0 Å². The second-order valence-corrected chi connectivity index (χ2v) is 3.50. The number of rotatable bonds is 1. The number of nitrogens with two attached hydrogens (primary N) is 1. The van der Waals surface area contributed by atoms with Crippen LogP contribution in [0.4, 0.5) is 11.6 Å². The molecule has 76 valence electrons. The molecule has 2 rings (SSSR count). The zero-order valence-electron chi connectivity index (χ0n) is 7.98. The van der Waals surface area contributed by atoms with Gasteiger partial charge < -0.3 is 15.7 Å². The van der Waals surface area contributed by atoms with Crippen molar-refractivity contribution < 1.29 is 5.11 Å². The van der Waals surface area contributed by atoms with Crippen molar-refractivity contribution in [3.8, 4) is 5.88 Å². The Labute approximate surface area is 82.6 Å². The molecule has 0 aromatic carbocycles. The van der Waals surface area contributed by atoms with Crippen molar-refractivity contribution in [2.75, 3.05) is 23.7 Å². The summed E-state index contributed by atoms with van der Waals surface area (Å²) in [4.78, 5) is 10.1. The number of nitrogens with zero attached hydrogens (tertiary/aromatic N) is 3. The highest BCUT2D eigenvalue weighted by atomic mass is 16.3. The van der Waals surface area contributed by atoms with Gasteiger partial charge in [-0.25, -0.2) is 4.98 Å². The Bertz CT molecular complexity index is 323. The molecule has 1 aromatic rings. The van der Waals surface area contributed by atoms with Crippen LogP contribution in [0.3, 0.4) is 0 Å². The summed E-state index contributed by atoms with van der Waals surface area (Å²) in [6.45, 7) is 1.92. The van der Waals surface area contributed by atoms with Crippen molar-refractivity contribution in [1.82, 2.24) is 9.97 Å². The molecule has 14 heavy (non-hydrogen) atoms. The zero-order valence-corrected chi connectivity index (χ0v) is 7.98. The van der Waals surface area contributed by atoms with Crippen LogP contribution < -0.4 is 10.6 Å². The van der Waals surface area contributed by atoms with Gasteiger partial charge in [0.2, 0.25) is 11.8 Å². The number of aromatic nitrogens is 2. The maximum atomic E-state index is 9.33. The minimum atomic E-state index is -0.124. The van der Waals surface area contributed by atoms with Gasteiger partial charge in [-0.15, -0.1) is 0 Å². The van der Waals surface area contributed by atoms with Gasteiger partial charge in [-0.05, 0) is 19.3 Å². The van der Waals surface area contributed by atoms with E-state index in [4.69, 9.17) is 5.73 Å². The van der Waals surface area contributed by atoms with E-state index in [9.17, 15) is 5.11 Å². The van der Waals surface area contributed by atoms with Crippen LogP contribution in [0.25, 0.3) is 0 Å². The minimum Gasteiger partial charge on any atom is -0.492 e. The largest absolute Gasteiger partial charge is 0.492 e. The molecule has 3 N–H and O–H groups in total. The van der Waals surface area contributed by atoms with Crippen LogP contribution in [0.15, 0.2) is 6.20 Å². The molecule has 0 spiro atoms. The van der Waals surface area contributed by atoms with E-state index in [1.807, 2.05) is 0 Å². The van der Waals surface area contributed by atoms with Crippen molar-refractivity contribution in [2.45, 2.75) is 19.3 Å². The maximum absolute atomic E-state index is 9.33. The quantitative estimate of drug-likeness (QED) is 0.690. The molecule has 0 aliphatic carbocycles. The summed E-state index contributed by atoms with van der Waals surface area (Å²) >= 11 is 0. The van der Waals surface area contributed by atoms with Crippen LogP contribution >= 0.6 is 0 Å². The first kappa shape index (κ1) is 9.05. The molecule has 0 atom stereocenters. The molecule has 5 nitrogen and oxygen atoms in total. The van der Waals surface area contributed by atoms with E-state index in [1.165, 1.54) is 12.6 Å². The Balaban J connectivity index is 2.18. The lowest BCUT2D eigenvalue weighted by molar-refractivity contribution is 0.453. The molecule has 1 fully saturated rings. The van der Waals surface area contributed by atoms with Gasteiger partial charge in [0.05, 0.1) is 6.20 Å². The SMILES string of the molecule is Nc1cnc(N2CCCCC2)nc1O. The monoisotopic (exact) mass is 194 g/mol. The fraction of sp³-hybridized carbons (Fsp3) is 0.556. The Morgan fingerprint density at radius 2 is 2.00 bits per heavy atom. The van der Waals surface area contributed by atoms with Gasteiger partial charge in [-0.1, -0.05) is 0 Å². The smallest absolute Gasteiger partial charge is 0.239 e. The van der Waals surface area contributed by atoms with Crippen molar-refractivity contribution in [3.63, 3.8) is 0 Å². The highest BCUT2D eigenvalue weighted by Gasteiger charge is 2.14. The van der Waals surface area contributed by atoms with E-state index in [0.29, 0.717) is 5.95 Å². The Morgan fingerprint density at radius 1 is 1.29 bits per heavy atom. The lowest BCUT2D eigenvalue weighted by Crippen LogP contribution is -2.30. The Hall–Kier alpha value is -1.52. The van der Waals surface area contributed by atoms with Crippen LogP contribution in [0.2, 0.25) is 0 Å². The topological polar surface area (TPSA) is 75.3 Å². The van der Waals surface area contributed by atoms with Crippen molar-refractivity contribution in [1.29, 1.82) is 0 Å². The summed E-state index contributed by atoms with van der Waals surface area (Å²) in [5.74, 6) is 0.456. The average molecular weight is 194 g/mol. The van der Waals surface area contributed by atoms with Crippen molar-refractivity contribution in [2.24, 2.45) is 0 Å². The number of piperidine rings is 1. The van der Waals surface area contributed by atoms with Gasteiger partial charge in [0.1, 0.15) is 5.69 Å². The fourth-order valence-electron chi connectivity index (χ4n) is 1.62. The van der Waals surface area contributed by atoms with Crippen molar-refractivity contribution in [3.05, 3.63) is 6.20 Å². The van der Waals surface area contributed by atoms with Gasteiger partial charge in [0.15, 0.2) is 0 Å².